The number of hydrogen-bond donors (Lipinski definition) is 1. The van der Waals surface area contributed by atoms with Crippen molar-refractivity contribution in [2.45, 2.75) is 38.1 Å². The molecule has 1 spiro atoms. The number of amides is 2. The minimum absolute atomic E-state index is 0.0246. The number of fused-ring (bicyclic) bond motifs is 2. The fourth-order valence-electron chi connectivity index (χ4n) is 4.65. The Morgan fingerprint density at radius 1 is 1.33 bits per heavy atom. The van der Waals surface area contributed by atoms with Crippen molar-refractivity contribution in [2.75, 3.05) is 13.3 Å². The number of hydrogen-bond acceptors (Lipinski definition) is 5. The summed E-state index contributed by atoms with van der Waals surface area (Å²) in [6, 6.07) is 5.72. The van der Waals surface area contributed by atoms with Crippen LogP contribution in [0.15, 0.2) is 30.4 Å². The highest BCUT2D eigenvalue weighted by atomic mass is 16.7. The normalized spacial score (nSPS) is 32.5. The molecule has 1 aromatic rings. The van der Waals surface area contributed by atoms with Crippen LogP contribution in [0.25, 0.3) is 0 Å². The minimum atomic E-state index is -0.683. The molecule has 27 heavy (non-hydrogen) atoms. The molecule has 7 heteroatoms. The van der Waals surface area contributed by atoms with E-state index in [9.17, 15) is 9.59 Å². The SMILES string of the molecule is CC(C)NC(=O)[C@@H]1[C@@H]2C=C[C@@]3(CN(Cc4ccc5c(c4)OCO5)C(=O)[C@@H]13)O2. The van der Waals surface area contributed by atoms with Crippen molar-refractivity contribution in [1.29, 1.82) is 0 Å². The smallest absolute Gasteiger partial charge is 0.231 e. The largest absolute Gasteiger partial charge is 0.454 e. The number of nitrogens with one attached hydrogen (secondary N) is 1. The number of carbonyl (C=O) groups excluding carboxylic acids is 2. The van der Waals surface area contributed by atoms with E-state index in [1.165, 1.54) is 0 Å². The highest BCUT2D eigenvalue weighted by molar-refractivity contribution is 5.93. The summed E-state index contributed by atoms with van der Waals surface area (Å²) in [6.07, 6.45) is 3.59. The summed E-state index contributed by atoms with van der Waals surface area (Å²) in [6.45, 7) is 4.97. The predicted molar refractivity (Wildman–Crippen MR) is 95.0 cm³/mol. The van der Waals surface area contributed by atoms with E-state index in [1.54, 1.807) is 4.90 Å². The lowest BCUT2D eigenvalue weighted by atomic mass is 9.76. The van der Waals surface area contributed by atoms with Gasteiger partial charge in [-0.3, -0.25) is 9.59 Å². The van der Waals surface area contributed by atoms with E-state index in [1.807, 2.05) is 44.2 Å². The van der Waals surface area contributed by atoms with E-state index in [0.717, 1.165) is 11.3 Å². The van der Waals surface area contributed by atoms with Crippen molar-refractivity contribution in [3.63, 3.8) is 0 Å². The van der Waals surface area contributed by atoms with Crippen molar-refractivity contribution in [2.24, 2.45) is 11.8 Å². The van der Waals surface area contributed by atoms with E-state index in [0.29, 0.717) is 18.8 Å². The van der Waals surface area contributed by atoms with E-state index >= 15 is 0 Å². The minimum Gasteiger partial charge on any atom is -0.454 e. The molecule has 2 fully saturated rings. The van der Waals surface area contributed by atoms with Crippen molar-refractivity contribution in [1.82, 2.24) is 10.2 Å². The summed E-state index contributed by atoms with van der Waals surface area (Å²) in [5.74, 6) is 0.362. The lowest BCUT2D eigenvalue weighted by Gasteiger charge is -2.24. The molecule has 1 N–H and O–H groups in total. The number of ether oxygens (including phenoxy) is 3. The fourth-order valence-corrected chi connectivity index (χ4v) is 4.65. The molecular formula is C20H22N2O5. The van der Waals surface area contributed by atoms with Gasteiger partial charge in [0.05, 0.1) is 24.5 Å². The van der Waals surface area contributed by atoms with E-state index in [-0.39, 0.29) is 30.8 Å². The van der Waals surface area contributed by atoms with Gasteiger partial charge in [-0.15, -0.1) is 0 Å². The molecule has 0 radical (unpaired) electrons. The molecule has 0 unspecified atom stereocenters. The average molecular weight is 370 g/mol. The fraction of sp³-hybridized carbons (Fsp3) is 0.500. The summed E-state index contributed by atoms with van der Waals surface area (Å²) in [4.78, 5) is 27.7. The van der Waals surface area contributed by atoms with Crippen LogP contribution < -0.4 is 14.8 Å². The molecule has 7 nitrogen and oxygen atoms in total. The Kier molecular flexibility index (Phi) is 3.53. The van der Waals surface area contributed by atoms with Gasteiger partial charge in [-0.25, -0.2) is 0 Å². The van der Waals surface area contributed by atoms with Crippen LogP contribution in [0.1, 0.15) is 19.4 Å². The molecule has 5 rings (SSSR count). The first-order chi connectivity index (χ1) is 13.0. The van der Waals surface area contributed by atoms with Gasteiger partial charge >= 0.3 is 0 Å². The van der Waals surface area contributed by atoms with Gasteiger partial charge < -0.3 is 24.4 Å². The monoisotopic (exact) mass is 370 g/mol. The Morgan fingerprint density at radius 3 is 2.96 bits per heavy atom. The van der Waals surface area contributed by atoms with Crippen LogP contribution in [0.4, 0.5) is 0 Å². The topological polar surface area (TPSA) is 77.1 Å². The van der Waals surface area contributed by atoms with Crippen LogP contribution in [0.2, 0.25) is 0 Å². The molecule has 4 heterocycles. The molecule has 1 aromatic carbocycles. The number of nitrogens with zero attached hydrogens (tertiary/aromatic N) is 1. The number of rotatable bonds is 4. The summed E-state index contributed by atoms with van der Waals surface area (Å²) >= 11 is 0. The number of carbonyl (C=O) groups is 2. The van der Waals surface area contributed by atoms with Crippen molar-refractivity contribution >= 4 is 11.8 Å². The molecular weight excluding hydrogens is 348 g/mol. The second kappa shape index (κ2) is 5.73. The maximum atomic E-state index is 13.2. The van der Waals surface area contributed by atoms with Gasteiger partial charge in [0.1, 0.15) is 5.60 Å². The molecule has 4 atom stereocenters. The predicted octanol–water partition coefficient (Wildman–Crippen LogP) is 1.22. The summed E-state index contributed by atoms with van der Waals surface area (Å²) in [7, 11) is 0. The Labute approximate surface area is 157 Å². The summed E-state index contributed by atoms with van der Waals surface area (Å²) in [5.41, 5.74) is 0.280. The standard InChI is InChI=1S/C20H22N2O5/c1-11(2)21-18(23)16-14-5-6-20(27-14)9-22(19(24)17(16)20)8-12-3-4-13-15(7-12)26-10-25-13/h3-7,11,14,16-17H,8-10H2,1-2H3,(H,21,23)/t14-,16+,17+,20-/m0/s1. The lowest BCUT2D eigenvalue weighted by molar-refractivity contribution is -0.138. The first-order valence-electron chi connectivity index (χ1n) is 9.32. The zero-order valence-corrected chi connectivity index (χ0v) is 15.3. The number of benzene rings is 1. The second-order valence-electron chi connectivity index (χ2n) is 7.95. The highest BCUT2D eigenvalue weighted by Crippen LogP contribution is 2.52. The molecule has 2 amide bonds. The van der Waals surface area contributed by atoms with Crippen molar-refractivity contribution < 1.29 is 23.8 Å². The van der Waals surface area contributed by atoms with Crippen LogP contribution in [0.3, 0.4) is 0 Å². The second-order valence-corrected chi connectivity index (χ2v) is 7.95. The summed E-state index contributed by atoms with van der Waals surface area (Å²) < 4.78 is 16.9. The maximum absolute atomic E-state index is 13.2. The van der Waals surface area contributed by atoms with E-state index in [2.05, 4.69) is 5.32 Å². The molecule has 4 aliphatic rings. The average Bonchev–Trinajstić information content (AvgIpc) is 3.35. The third-order valence-corrected chi connectivity index (χ3v) is 5.72. The van der Waals surface area contributed by atoms with E-state index < -0.39 is 17.4 Å². The quantitative estimate of drug-likeness (QED) is 0.807. The molecule has 2 bridgehead atoms. The molecule has 0 aliphatic carbocycles. The van der Waals surface area contributed by atoms with Gasteiger partial charge in [0, 0.05) is 12.6 Å². The first-order valence-corrected chi connectivity index (χ1v) is 9.32. The number of likely N-dealkylation sites (tertiary alicyclic amines) is 1. The van der Waals surface area contributed by atoms with Gasteiger partial charge in [-0.2, -0.15) is 0 Å². The lowest BCUT2D eigenvalue weighted by Crippen LogP contribution is -2.45. The maximum Gasteiger partial charge on any atom is 0.231 e. The molecule has 142 valence electrons. The molecule has 4 aliphatic heterocycles. The van der Waals surface area contributed by atoms with Gasteiger partial charge in [0.25, 0.3) is 0 Å². The van der Waals surface area contributed by atoms with Crippen molar-refractivity contribution in [3.8, 4) is 11.5 Å². The van der Waals surface area contributed by atoms with Gasteiger partial charge in [0.15, 0.2) is 11.5 Å². The van der Waals surface area contributed by atoms with Crippen LogP contribution in [0.5, 0.6) is 11.5 Å². The first kappa shape index (κ1) is 16.6. The Bertz CT molecular complexity index is 851. The van der Waals surface area contributed by atoms with Crippen LogP contribution in [-0.2, 0) is 20.9 Å². The van der Waals surface area contributed by atoms with Crippen LogP contribution >= 0.6 is 0 Å². The van der Waals surface area contributed by atoms with Crippen LogP contribution in [0, 0.1) is 11.8 Å². The molecule has 0 saturated carbocycles. The summed E-state index contributed by atoms with van der Waals surface area (Å²) in [5, 5.41) is 2.94. The molecule has 2 saturated heterocycles. The third-order valence-electron chi connectivity index (χ3n) is 5.72. The van der Waals surface area contributed by atoms with Crippen LogP contribution in [-0.4, -0.2) is 47.8 Å². The third kappa shape index (κ3) is 2.45. The Morgan fingerprint density at radius 2 is 2.15 bits per heavy atom. The van der Waals surface area contributed by atoms with Gasteiger partial charge in [-0.05, 0) is 31.5 Å². The zero-order valence-electron chi connectivity index (χ0n) is 15.3. The van der Waals surface area contributed by atoms with Gasteiger partial charge in [-0.1, -0.05) is 18.2 Å². The Balaban J connectivity index is 1.38. The van der Waals surface area contributed by atoms with Crippen molar-refractivity contribution in [3.05, 3.63) is 35.9 Å². The Hall–Kier alpha value is -2.54. The highest BCUT2D eigenvalue weighted by Gasteiger charge is 2.66. The molecule has 0 aromatic heterocycles. The van der Waals surface area contributed by atoms with Gasteiger partial charge in [0.2, 0.25) is 18.6 Å². The zero-order chi connectivity index (χ0) is 18.8. The van der Waals surface area contributed by atoms with E-state index in [4.69, 9.17) is 14.2 Å².